The average molecular weight is 259 g/mol. The highest BCUT2D eigenvalue weighted by atomic mass is 16.5. The van der Waals surface area contributed by atoms with Crippen LogP contribution in [0.2, 0.25) is 0 Å². The van der Waals surface area contributed by atoms with E-state index in [0.717, 1.165) is 24.5 Å². The van der Waals surface area contributed by atoms with Crippen LogP contribution in [-0.2, 0) is 0 Å². The van der Waals surface area contributed by atoms with Gasteiger partial charge in [0.05, 0.1) is 25.6 Å². The maximum Gasteiger partial charge on any atom is 0.119 e. The molecule has 1 unspecified atom stereocenters. The summed E-state index contributed by atoms with van der Waals surface area (Å²) in [5, 5.41) is 12.5. The van der Waals surface area contributed by atoms with Gasteiger partial charge in [0, 0.05) is 24.3 Å². The molecule has 4 heteroatoms. The van der Waals surface area contributed by atoms with Gasteiger partial charge in [-0.1, -0.05) is 0 Å². The molecular weight excluding hydrogens is 238 g/mol. The van der Waals surface area contributed by atoms with Crippen molar-refractivity contribution < 1.29 is 4.74 Å². The van der Waals surface area contributed by atoms with Gasteiger partial charge in [0.15, 0.2) is 0 Å². The van der Waals surface area contributed by atoms with E-state index in [9.17, 15) is 0 Å². The van der Waals surface area contributed by atoms with Crippen LogP contribution in [0.5, 0.6) is 5.75 Å². The van der Waals surface area contributed by atoms with Crippen LogP contribution in [0.3, 0.4) is 0 Å². The summed E-state index contributed by atoms with van der Waals surface area (Å²) in [6.07, 6.45) is 0.537. The van der Waals surface area contributed by atoms with Crippen molar-refractivity contribution >= 4 is 5.69 Å². The molecule has 1 aromatic rings. The summed E-state index contributed by atoms with van der Waals surface area (Å²) in [6.45, 7) is 6.11. The maximum absolute atomic E-state index is 8.97. The standard InChI is InChI=1S/C15H21N3O/c1-15(2)11-18(13(8-9-16)10-17-15)12-4-6-14(19-3)7-5-12/h4-7,13,17H,8,10-11H2,1-3H3. The van der Waals surface area contributed by atoms with Crippen LogP contribution < -0.4 is 15.0 Å². The number of nitriles is 1. The van der Waals surface area contributed by atoms with Gasteiger partial charge in [0.1, 0.15) is 5.75 Å². The first-order valence-corrected chi connectivity index (χ1v) is 6.58. The van der Waals surface area contributed by atoms with Gasteiger partial charge in [0.2, 0.25) is 0 Å². The number of methoxy groups -OCH3 is 1. The van der Waals surface area contributed by atoms with Crippen molar-refractivity contribution in [2.75, 3.05) is 25.1 Å². The second-order valence-electron chi connectivity index (χ2n) is 5.61. The number of nitrogens with one attached hydrogen (secondary N) is 1. The predicted octanol–water partition coefficient (Wildman–Crippen LogP) is 2.17. The van der Waals surface area contributed by atoms with E-state index in [1.165, 1.54) is 0 Å². The second-order valence-corrected chi connectivity index (χ2v) is 5.61. The topological polar surface area (TPSA) is 48.3 Å². The third-order valence-electron chi connectivity index (χ3n) is 3.55. The molecule has 0 aromatic heterocycles. The largest absolute Gasteiger partial charge is 0.497 e. The van der Waals surface area contributed by atoms with Crippen LogP contribution >= 0.6 is 0 Å². The summed E-state index contributed by atoms with van der Waals surface area (Å²) in [4.78, 5) is 2.32. The van der Waals surface area contributed by atoms with E-state index in [1.807, 2.05) is 12.1 Å². The van der Waals surface area contributed by atoms with Gasteiger partial charge in [-0.05, 0) is 38.1 Å². The molecule has 19 heavy (non-hydrogen) atoms. The van der Waals surface area contributed by atoms with Crippen molar-refractivity contribution in [2.45, 2.75) is 31.8 Å². The Balaban J connectivity index is 2.23. The molecular formula is C15H21N3O. The van der Waals surface area contributed by atoms with Gasteiger partial charge >= 0.3 is 0 Å². The highest BCUT2D eigenvalue weighted by molar-refractivity contribution is 5.51. The lowest BCUT2D eigenvalue weighted by atomic mass is 9.96. The third kappa shape index (κ3) is 3.18. The monoisotopic (exact) mass is 259 g/mol. The fourth-order valence-electron chi connectivity index (χ4n) is 2.48. The first kappa shape index (κ1) is 13.7. The zero-order valence-electron chi connectivity index (χ0n) is 11.8. The predicted molar refractivity (Wildman–Crippen MR) is 76.4 cm³/mol. The summed E-state index contributed by atoms with van der Waals surface area (Å²) in [6, 6.07) is 10.6. The maximum atomic E-state index is 8.97. The number of benzene rings is 1. The molecule has 0 saturated carbocycles. The molecule has 102 valence electrons. The lowest BCUT2D eigenvalue weighted by Gasteiger charge is -2.45. The van der Waals surface area contributed by atoms with E-state index in [1.54, 1.807) is 7.11 Å². The van der Waals surface area contributed by atoms with Gasteiger partial charge in [-0.15, -0.1) is 0 Å². The number of hydrogen-bond acceptors (Lipinski definition) is 4. The smallest absolute Gasteiger partial charge is 0.119 e. The van der Waals surface area contributed by atoms with Crippen LogP contribution in [0.25, 0.3) is 0 Å². The normalized spacial score (nSPS) is 21.8. The van der Waals surface area contributed by atoms with E-state index < -0.39 is 0 Å². The molecule has 0 amide bonds. The van der Waals surface area contributed by atoms with Crippen molar-refractivity contribution in [2.24, 2.45) is 0 Å². The molecule has 1 heterocycles. The highest BCUT2D eigenvalue weighted by Gasteiger charge is 2.32. The molecule has 4 nitrogen and oxygen atoms in total. The number of nitrogens with zero attached hydrogens (tertiary/aromatic N) is 2. The van der Waals surface area contributed by atoms with Crippen LogP contribution in [-0.4, -0.2) is 31.8 Å². The van der Waals surface area contributed by atoms with Gasteiger partial charge in [-0.2, -0.15) is 5.26 Å². The summed E-state index contributed by atoms with van der Waals surface area (Å²) < 4.78 is 5.19. The Kier molecular flexibility index (Phi) is 3.96. The minimum Gasteiger partial charge on any atom is -0.497 e. The first-order chi connectivity index (χ1) is 9.05. The Labute approximate surface area is 115 Å². The van der Waals surface area contributed by atoms with Crippen molar-refractivity contribution in [3.8, 4) is 11.8 Å². The molecule has 1 N–H and O–H groups in total. The molecule has 1 aromatic carbocycles. The number of anilines is 1. The van der Waals surface area contributed by atoms with Gasteiger partial charge < -0.3 is 15.0 Å². The van der Waals surface area contributed by atoms with Crippen molar-refractivity contribution in [1.29, 1.82) is 5.26 Å². The quantitative estimate of drug-likeness (QED) is 0.903. The Morgan fingerprint density at radius 3 is 2.68 bits per heavy atom. The minimum absolute atomic E-state index is 0.0614. The van der Waals surface area contributed by atoms with E-state index in [0.29, 0.717) is 6.42 Å². The SMILES string of the molecule is COc1ccc(N2CC(C)(C)NCC2CC#N)cc1. The molecule has 0 spiro atoms. The molecule has 1 aliphatic heterocycles. The third-order valence-corrected chi connectivity index (χ3v) is 3.55. The number of rotatable bonds is 3. The summed E-state index contributed by atoms with van der Waals surface area (Å²) in [5.41, 5.74) is 1.21. The van der Waals surface area contributed by atoms with Crippen LogP contribution in [0, 0.1) is 11.3 Å². The molecule has 1 saturated heterocycles. The van der Waals surface area contributed by atoms with E-state index in [4.69, 9.17) is 10.00 Å². The lowest BCUT2D eigenvalue weighted by Crippen LogP contribution is -2.61. The van der Waals surface area contributed by atoms with E-state index in [2.05, 4.69) is 42.3 Å². The first-order valence-electron chi connectivity index (χ1n) is 6.58. The fraction of sp³-hybridized carbons (Fsp3) is 0.533. The summed E-state index contributed by atoms with van der Waals surface area (Å²) >= 11 is 0. The molecule has 1 fully saturated rings. The average Bonchev–Trinajstić information content (AvgIpc) is 2.41. The summed E-state index contributed by atoms with van der Waals surface area (Å²) in [5.74, 6) is 0.856. The molecule has 0 radical (unpaired) electrons. The molecule has 2 rings (SSSR count). The Morgan fingerprint density at radius 2 is 2.11 bits per heavy atom. The Morgan fingerprint density at radius 1 is 1.42 bits per heavy atom. The lowest BCUT2D eigenvalue weighted by molar-refractivity contribution is 0.311. The van der Waals surface area contributed by atoms with Gasteiger partial charge in [-0.25, -0.2) is 0 Å². The van der Waals surface area contributed by atoms with Crippen LogP contribution in [0.4, 0.5) is 5.69 Å². The Hall–Kier alpha value is -1.73. The van der Waals surface area contributed by atoms with Crippen molar-refractivity contribution in [3.05, 3.63) is 24.3 Å². The molecule has 0 aliphatic carbocycles. The van der Waals surface area contributed by atoms with Crippen LogP contribution in [0.15, 0.2) is 24.3 Å². The zero-order chi connectivity index (χ0) is 13.9. The summed E-state index contributed by atoms with van der Waals surface area (Å²) in [7, 11) is 1.67. The molecule has 0 bridgehead atoms. The number of hydrogen-bond donors (Lipinski definition) is 1. The van der Waals surface area contributed by atoms with E-state index >= 15 is 0 Å². The Bertz CT molecular complexity index is 461. The number of piperazine rings is 1. The van der Waals surface area contributed by atoms with Crippen molar-refractivity contribution in [1.82, 2.24) is 5.32 Å². The minimum atomic E-state index is 0.0614. The van der Waals surface area contributed by atoms with Gasteiger partial charge in [0.25, 0.3) is 0 Å². The van der Waals surface area contributed by atoms with Gasteiger partial charge in [-0.3, -0.25) is 0 Å². The fourth-order valence-corrected chi connectivity index (χ4v) is 2.48. The second kappa shape index (κ2) is 5.50. The highest BCUT2D eigenvalue weighted by Crippen LogP contribution is 2.26. The number of ether oxygens (including phenoxy) is 1. The zero-order valence-corrected chi connectivity index (χ0v) is 11.8. The van der Waals surface area contributed by atoms with Crippen LogP contribution in [0.1, 0.15) is 20.3 Å². The molecule has 1 atom stereocenters. The molecule has 1 aliphatic rings. The van der Waals surface area contributed by atoms with Crippen molar-refractivity contribution in [3.63, 3.8) is 0 Å². The van der Waals surface area contributed by atoms with E-state index in [-0.39, 0.29) is 11.6 Å².